The zero-order valence-electron chi connectivity index (χ0n) is 20.2. The van der Waals surface area contributed by atoms with Crippen LogP contribution in [0.3, 0.4) is 0 Å². The number of methoxy groups -OCH3 is 1. The number of hydrogen-bond acceptors (Lipinski definition) is 7. The van der Waals surface area contributed by atoms with Gasteiger partial charge in [0.25, 0.3) is 5.56 Å². The molecule has 0 aliphatic rings. The molecule has 2 aromatic carbocycles. The summed E-state index contributed by atoms with van der Waals surface area (Å²) in [6.07, 6.45) is 1.29. The number of benzene rings is 2. The number of hydrogen-bond donors (Lipinski definition) is 1. The van der Waals surface area contributed by atoms with Crippen LogP contribution < -0.4 is 15.6 Å². The molecule has 37 heavy (non-hydrogen) atoms. The molecule has 0 saturated carbocycles. The standard InChI is InChI=1S/C27H24ClN3O6/c1-31-24-21(11-5-12-29-24)22(23(25(31)32)30-27(34)35-2)17-7-4-10-20(16-17)36-13-6-14-37-26(33)18-8-3-9-19(28)15-18/h3-5,7-12,15-16H,6,13-14H2,1-2H3,(H,30,34). The quantitative estimate of drug-likeness (QED) is 0.255. The molecule has 0 aliphatic carbocycles. The summed E-state index contributed by atoms with van der Waals surface area (Å²) in [4.78, 5) is 41.6. The number of aryl methyl sites for hydroxylation is 1. The summed E-state index contributed by atoms with van der Waals surface area (Å²) in [5.74, 6) is 0.0849. The Morgan fingerprint density at radius 1 is 1.05 bits per heavy atom. The molecule has 0 unspecified atom stereocenters. The largest absolute Gasteiger partial charge is 0.493 e. The van der Waals surface area contributed by atoms with Crippen molar-refractivity contribution >= 4 is 40.4 Å². The zero-order valence-corrected chi connectivity index (χ0v) is 20.9. The number of rotatable bonds is 8. The Morgan fingerprint density at radius 3 is 2.65 bits per heavy atom. The molecule has 1 amide bonds. The lowest BCUT2D eigenvalue weighted by atomic mass is 10.00. The van der Waals surface area contributed by atoms with E-state index in [1.807, 2.05) is 12.1 Å². The van der Waals surface area contributed by atoms with Gasteiger partial charge < -0.3 is 14.2 Å². The molecule has 9 nitrogen and oxygen atoms in total. The molecule has 4 aromatic rings. The van der Waals surface area contributed by atoms with Gasteiger partial charge in [-0.25, -0.2) is 14.6 Å². The van der Waals surface area contributed by atoms with Gasteiger partial charge in [-0.1, -0.05) is 29.8 Å². The van der Waals surface area contributed by atoms with Gasteiger partial charge in [-0.15, -0.1) is 0 Å². The van der Waals surface area contributed by atoms with Gasteiger partial charge in [-0.3, -0.25) is 14.7 Å². The Hall–Kier alpha value is -4.37. The van der Waals surface area contributed by atoms with Crippen molar-refractivity contribution in [2.24, 2.45) is 7.05 Å². The predicted molar refractivity (Wildman–Crippen MR) is 140 cm³/mol. The summed E-state index contributed by atoms with van der Waals surface area (Å²) in [5.41, 5.74) is 1.63. The Balaban J connectivity index is 1.52. The van der Waals surface area contributed by atoms with E-state index in [-0.39, 0.29) is 12.3 Å². The van der Waals surface area contributed by atoms with Crippen LogP contribution in [0, 0.1) is 0 Å². The summed E-state index contributed by atoms with van der Waals surface area (Å²) in [6, 6.07) is 17.3. The molecule has 0 fully saturated rings. The third-order valence-corrected chi connectivity index (χ3v) is 5.76. The van der Waals surface area contributed by atoms with Crippen molar-refractivity contribution in [3.8, 4) is 16.9 Å². The number of halogens is 1. The minimum Gasteiger partial charge on any atom is -0.493 e. The maximum Gasteiger partial charge on any atom is 0.411 e. The topological polar surface area (TPSA) is 109 Å². The molecular weight excluding hydrogens is 498 g/mol. The van der Waals surface area contributed by atoms with Gasteiger partial charge in [0, 0.05) is 35.6 Å². The molecule has 190 valence electrons. The number of nitrogens with zero attached hydrogens (tertiary/aromatic N) is 2. The van der Waals surface area contributed by atoms with E-state index < -0.39 is 17.6 Å². The van der Waals surface area contributed by atoms with E-state index in [9.17, 15) is 14.4 Å². The smallest absolute Gasteiger partial charge is 0.411 e. The van der Waals surface area contributed by atoms with E-state index in [0.717, 1.165) is 0 Å². The number of carbonyl (C=O) groups is 2. The van der Waals surface area contributed by atoms with E-state index in [2.05, 4.69) is 10.3 Å². The second kappa shape index (κ2) is 11.6. The molecule has 0 saturated heterocycles. The van der Waals surface area contributed by atoms with Gasteiger partial charge in [0.2, 0.25) is 0 Å². The van der Waals surface area contributed by atoms with Crippen molar-refractivity contribution in [1.29, 1.82) is 0 Å². The molecule has 1 N–H and O–H groups in total. The Kier molecular flexibility index (Phi) is 8.05. The molecule has 2 heterocycles. The van der Waals surface area contributed by atoms with Crippen molar-refractivity contribution < 1.29 is 23.8 Å². The fourth-order valence-electron chi connectivity index (χ4n) is 3.79. The van der Waals surface area contributed by atoms with Gasteiger partial charge in [-0.05, 0) is 48.0 Å². The van der Waals surface area contributed by atoms with E-state index in [4.69, 9.17) is 25.8 Å². The van der Waals surface area contributed by atoms with Crippen LogP contribution in [0.15, 0.2) is 71.7 Å². The monoisotopic (exact) mass is 521 g/mol. The number of esters is 1. The molecule has 0 bridgehead atoms. The minimum atomic E-state index is -0.763. The zero-order chi connectivity index (χ0) is 26.4. The molecule has 0 radical (unpaired) electrons. The van der Waals surface area contributed by atoms with Crippen LogP contribution in [0.2, 0.25) is 5.02 Å². The highest BCUT2D eigenvalue weighted by Gasteiger charge is 2.20. The van der Waals surface area contributed by atoms with Crippen LogP contribution >= 0.6 is 11.6 Å². The van der Waals surface area contributed by atoms with Gasteiger partial charge in [0.15, 0.2) is 0 Å². The lowest BCUT2D eigenvalue weighted by molar-refractivity contribution is 0.0486. The highest BCUT2D eigenvalue weighted by atomic mass is 35.5. The number of amides is 1. The van der Waals surface area contributed by atoms with E-state index in [1.165, 1.54) is 11.7 Å². The summed E-state index contributed by atoms with van der Waals surface area (Å²) in [5, 5.41) is 3.68. The number of carbonyl (C=O) groups excluding carboxylic acids is 2. The lowest BCUT2D eigenvalue weighted by Gasteiger charge is -2.16. The van der Waals surface area contributed by atoms with Crippen molar-refractivity contribution in [2.45, 2.75) is 6.42 Å². The Labute approximate surface area is 217 Å². The molecule has 10 heteroatoms. The average molecular weight is 522 g/mol. The van der Waals surface area contributed by atoms with Crippen LogP contribution in [-0.2, 0) is 16.5 Å². The van der Waals surface area contributed by atoms with Crippen LogP contribution in [0.4, 0.5) is 10.5 Å². The van der Waals surface area contributed by atoms with E-state index >= 15 is 0 Å². The van der Waals surface area contributed by atoms with Crippen LogP contribution in [0.1, 0.15) is 16.8 Å². The normalized spacial score (nSPS) is 10.7. The number of anilines is 1. The van der Waals surface area contributed by atoms with E-state index in [1.54, 1.807) is 61.8 Å². The molecule has 0 aliphatic heterocycles. The first-order valence-electron chi connectivity index (χ1n) is 11.4. The second-order valence-electron chi connectivity index (χ2n) is 7.98. The molecule has 4 rings (SSSR count). The summed E-state index contributed by atoms with van der Waals surface area (Å²) < 4.78 is 17.2. The van der Waals surface area contributed by atoms with Crippen LogP contribution in [0.25, 0.3) is 22.2 Å². The first-order chi connectivity index (χ1) is 17.9. The van der Waals surface area contributed by atoms with Crippen molar-refractivity contribution in [3.05, 3.63) is 87.8 Å². The van der Waals surface area contributed by atoms with Gasteiger partial charge in [0.1, 0.15) is 17.1 Å². The predicted octanol–water partition coefficient (Wildman–Crippen LogP) is 5.06. The molecule has 0 spiro atoms. The fraction of sp³-hybridized carbons (Fsp3) is 0.185. The van der Waals surface area contributed by atoms with Crippen molar-refractivity contribution in [3.63, 3.8) is 0 Å². The number of ether oxygens (including phenoxy) is 3. The average Bonchev–Trinajstić information content (AvgIpc) is 2.91. The highest BCUT2D eigenvalue weighted by Crippen LogP contribution is 2.34. The summed E-state index contributed by atoms with van der Waals surface area (Å²) in [7, 11) is 2.81. The van der Waals surface area contributed by atoms with Gasteiger partial charge >= 0.3 is 12.1 Å². The second-order valence-corrected chi connectivity index (χ2v) is 8.42. The maximum atomic E-state index is 13.1. The Bertz CT molecular complexity index is 1520. The third-order valence-electron chi connectivity index (χ3n) is 5.53. The van der Waals surface area contributed by atoms with Gasteiger partial charge in [-0.2, -0.15) is 0 Å². The summed E-state index contributed by atoms with van der Waals surface area (Å²) in [6.45, 7) is 0.460. The highest BCUT2D eigenvalue weighted by molar-refractivity contribution is 6.30. The van der Waals surface area contributed by atoms with Crippen molar-refractivity contribution in [1.82, 2.24) is 9.55 Å². The molecule has 2 aromatic heterocycles. The third kappa shape index (κ3) is 5.90. The number of aromatic nitrogens is 2. The number of fused-ring (bicyclic) bond motifs is 1. The SMILES string of the molecule is COC(=O)Nc1c(-c2cccc(OCCCOC(=O)c3cccc(Cl)c3)c2)c2cccnc2n(C)c1=O. The van der Waals surface area contributed by atoms with Crippen LogP contribution in [0.5, 0.6) is 5.75 Å². The van der Waals surface area contributed by atoms with E-state index in [0.29, 0.717) is 51.5 Å². The first kappa shape index (κ1) is 25.7. The Morgan fingerprint density at radius 2 is 1.86 bits per heavy atom. The summed E-state index contributed by atoms with van der Waals surface area (Å²) >= 11 is 5.91. The molecular formula is C27H24ClN3O6. The first-order valence-corrected chi connectivity index (χ1v) is 11.8. The minimum absolute atomic E-state index is 0.0694. The fourth-order valence-corrected chi connectivity index (χ4v) is 3.98. The number of nitrogens with one attached hydrogen (secondary N) is 1. The maximum absolute atomic E-state index is 13.1. The molecule has 0 atom stereocenters. The lowest BCUT2D eigenvalue weighted by Crippen LogP contribution is -2.26. The van der Waals surface area contributed by atoms with Crippen LogP contribution in [-0.4, -0.2) is 41.9 Å². The van der Waals surface area contributed by atoms with Crippen molar-refractivity contribution in [2.75, 3.05) is 25.6 Å². The van der Waals surface area contributed by atoms with Gasteiger partial charge in [0.05, 0.1) is 25.9 Å². The number of pyridine rings is 2.